The molecule has 0 fully saturated rings. The summed E-state index contributed by atoms with van der Waals surface area (Å²) < 4.78 is 39.4. The average Bonchev–Trinajstić information content (AvgIpc) is 2.68. The molecular weight excluding hydrogens is 403 g/mol. The Morgan fingerprint density at radius 1 is 1.07 bits per heavy atom. The van der Waals surface area contributed by atoms with Gasteiger partial charge in [-0.3, -0.25) is 15.6 Å². The SMILES string of the molecule is CCN(CC)S(=O)(=O)c1cccc(C(=O)NNC(=S)Nc2ccc(F)cc2)c1. The highest BCUT2D eigenvalue weighted by Gasteiger charge is 2.22. The molecule has 0 radical (unpaired) electrons. The maximum Gasteiger partial charge on any atom is 0.269 e. The van der Waals surface area contributed by atoms with Crippen molar-refractivity contribution < 1.29 is 17.6 Å². The second-order valence-electron chi connectivity index (χ2n) is 5.66. The number of carbonyl (C=O) groups excluding carboxylic acids is 1. The zero-order chi connectivity index (χ0) is 20.7. The summed E-state index contributed by atoms with van der Waals surface area (Å²) in [6, 6.07) is 11.3. The summed E-state index contributed by atoms with van der Waals surface area (Å²) in [6.07, 6.45) is 0. The third-order valence-electron chi connectivity index (χ3n) is 3.83. The van der Waals surface area contributed by atoms with Gasteiger partial charge in [0.05, 0.1) is 4.90 Å². The van der Waals surface area contributed by atoms with Crippen LogP contribution in [0.2, 0.25) is 0 Å². The number of sulfonamides is 1. The number of halogens is 1. The fourth-order valence-corrected chi connectivity index (χ4v) is 4.06. The zero-order valence-electron chi connectivity index (χ0n) is 15.4. The van der Waals surface area contributed by atoms with Crippen LogP contribution in [0.1, 0.15) is 24.2 Å². The molecule has 1 amide bonds. The lowest BCUT2D eigenvalue weighted by molar-refractivity contribution is 0.0944. The van der Waals surface area contributed by atoms with Crippen LogP contribution in [0.5, 0.6) is 0 Å². The Balaban J connectivity index is 2.02. The summed E-state index contributed by atoms with van der Waals surface area (Å²) in [5.74, 6) is -0.933. The van der Waals surface area contributed by atoms with Crippen molar-refractivity contribution in [3.05, 3.63) is 59.9 Å². The van der Waals surface area contributed by atoms with Crippen LogP contribution in [0.4, 0.5) is 10.1 Å². The Morgan fingerprint density at radius 3 is 2.32 bits per heavy atom. The molecule has 3 N–H and O–H groups in total. The first-order chi connectivity index (χ1) is 13.3. The van der Waals surface area contributed by atoms with E-state index in [1.165, 1.54) is 52.8 Å². The molecule has 0 heterocycles. The molecule has 0 aliphatic carbocycles. The minimum atomic E-state index is -3.67. The topological polar surface area (TPSA) is 90.5 Å². The molecule has 2 rings (SSSR count). The molecule has 10 heteroatoms. The number of carbonyl (C=O) groups is 1. The number of hydrogen-bond donors (Lipinski definition) is 3. The van der Waals surface area contributed by atoms with E-state index in [4.69, 9.17) is 12.2 Å². The van der Waals surface area contributed by atoms with Crippen molar-refractivity contribution in [3.8, 4) is 0 Å². The van der Waals surface area contributed by atoms with E-state index in [2.05, 4.69) is 16.2 Å². The van der Waals surface area contributed by atoms with Crippen LogP contribution in [-0.4, -0.2) is 36.8 Å². The van der Waals surface area contributed by atoms with Crippen LogP contribution in [0, 0.1) is 5.82 Å². The fraction of sp³-hybridized carbons (Fsp3) is 0.222. The van der Waals surface area contributed by atoms with Crippen molar-refractivity contribution >= 4 is 38.9 Å². The van der Waals surface area contributed by atoms with Gasteiger partial charge in [-0.1, -0.05) is 19.9 Å². The van der Waals surface area contributed by atoms with Gasteiger partial charge >= 0.3 is 0 Å². The number of nitrogens with one attached hydrogen (secondary N) is 3. The second-order valence-corrected chi connectivity index (χ2v) is 8.00. The molecule has 0 saturated carbocycles. The third-order valence-corrected chi connectivity index (χ3v) is 6.08. The van der Waals surface area contributed by atoms with E-state index in [1.54, 1.807) is 13.8 Å². The summed E-state index contributed by atoms with van der Waals surface area (Å²) in [5, 5.41) is 2.87. The lowest BCUT2D eigenvalue weighted by atomic mass is 10.2. The van der Waals surface area contributed by atoms with Crippen LogP contribution in [0.25, 0.3) is 0 Å². The van der Waals surface area contributed by atoms with Crippen LogP contribution in [0.3, 0.4) is 0 Å². The molecule has 7 nitrogen and oxygen atoms in total. The van der Waals surface area contributed by atoms with Gasteiger partial charge in [0.1, 0.15) is 5.82 Å². The molecular formula is C18H21FN4O3S2. The van der Waals surface area contributed by atoms with Gasteiger partial charge in [-0.15, -0.1) is 0 Å². The quantitative estimate of drug-likeness (QED) is 0.488. The molecule has 0 spiro atoms. The number of hydrogen-bond acceptors (Lipinski definition) is 4. The van der Waals surface area contributed by atoms with Gasteiger partial charge in [-0.05, 0) is 54.7 Å². The highest BCUT2D eigenvalue weighted by Crippen LogP contribution is 2.17. The summed E-state index contributed by atoms with van der Waals surface area (Å²) in [4.78, 5) is 12.4. The highest BCUT2D eigenvalue weighted by molar-refractivity contribution is 7.89. The maximum atomic E-state index is 12.9. The van der Waals surface area contributed by atoms with Gasteiger partial charge in [0.25, 0.3) is 5.91 Å². The van der Waals surface area contributed by atoms with Crippen molar-refractivity contribution in [2.45, 2.75) is 18.7 Å². The smallest absolute Gasteiger partial charge is 0.269 e. The van der Waals surface area contributed by atoms with Gasteiger partial charge < -0.3 is 5.32 Å². The number of thiocarbonyl (C=S) groups is 1. The standard InChI is InChI=1S/C18H21FN4O3S2/c1-3-23(4-2)28(25,26)16-7-5-6-13(12-16)17(24)21-22-18(27)20-15-10-8-14(19)9-11-15/h5-12H,3-4H2,1-2H3,(H,21,24)(H2,20,22,27). The normalized spacial score (nSPS) is 11.1. The molecule has 0 aliphatic rings. The Hall–Kier alpha value is -2.56. The first-order valence-corrected chi connectivity index (χ1v) is 10.4. The number of benzene rings is 2. The molecule has 2 aromatic carbocycles. The first kappa shape index (κ1) is 21.7. The van der Waals surface area contributed by atoms with E-state index in [0.717, 1.165) is 0 Å². The second kappa shape index (κ2) is 9.58. The van der Waals surface area contributed by atoms with E-state index in [1.807, 2.05) is 0 Å². The minimum absolute atomic E-state index is 0.0378. The number of amides is 1. The predicted octanol–water partition coefficient (Wildman–Crippen LogP) is 2.49. The molecule has 0 atom stereocenters. The molecule has 0 aromatic heterocycles. The maximum absolute atomic E-state index is 12.9. The summed E-state index contributed by atoms with van der Waals surface area (Å²) in [7, 11) is -3.67. The lowest BCUT2D eigenvalue weighted by Crippen LogP contribution is -2.43. The number of rotatable bonds is 6. The molecule has 0 aliphatic heterocycles. The monoisotopic (exact) mass is 424 g/mol. The highest BCUT2D eigenvalue weighted by atomic mass is 32.2. The van der Waals surface area contributed by atoms with Crippen molar-refractivity contribution in [3.63, 3.8) is 0 Å². The lowest BCUT2D eigenvalue weighted by Gasteiger charge is -2.18. The average molecular weight is 425 g/mol. The first-order valence-electron chi connectivity index (χ1n) is 8.51. The molecule has 2 aromatic rings. The van der Waals surface area contributed by atoms with Gasteiger partial charge in [0.2, 0.25) is 10.0 Å². The summed E-state index contributed by atoms with van der Waals surface area (Å²) in [6.45, 7) is 4.16. The van der Waals surface area contributed by atoms with Gasteiger partial charge in [0.15, 0.2) is 5.11 Å². The molecule has 0 saturated heterocycles. The Kier molecular flexibility index (Phi) is 7.44. The van der Waals surface area contributed by atoms with Crippen LogP contribution in [-0.2, 0) is 10.0 Å². The van der Waals surface area contributed by atoms with E-state index >= 15 is 0 Å². The van der Waals surface area contributed by atoms with E-state index in [9.17, 15) is 17.6 Å². The fourth-order valence-electron chi connectivity index (χ4n) is 2.39. The van der Waals surface area contributed by atoms with E-state index < -0.39 is 15.9 Å². The number of hydrazine groups is 1. The molecule has 150 valence electrons. The van der Waals surface area contributed by atoms with Crippen molar-refractivity contribution in [1.82, 2.24) is 15.2 Å². The van der Waals surface area contributed by atoms with Gasteiger partial charge in [0, 0.05) is 24.3 Å². The third kappa shape index (κ3) is 5.47. The van der Waals surface area contributed by atoms with Gasteiger partial charge in [-0.2, -0.15) is 4.31 Å². The van der Waals surface area contributed by atoms with Gasteiger partial charge in [-0.25, -0.2) is 12.8 Å². The molecule has 28 heavy (non-hydrogen) atoms. The number of anilines is 1. The number of nitrogens with zero attached hydrogens (tertiary/aromatic N) is 1. The van der Waals surface area contributed by atoms with Crippen LogP contribution < -0.4 is 16.2 Å². The summed E-state index contributed by atoms with van der Waals surface area (Å²) >= 11 is 5.05. The molecule has 0 bridgehead atoms. The Bertz CT molecular complexity index is 946. The summed E-state index contributed by atoms with van der Waals surface area (Å²) in [5.41, 5.74) is 5.61. The Labute approximate surface area is 169 Å². The van der Waals surface area contributed by atoms with Crippen molar-refractivity contribution in [2.24, 2.45) is 0 Å². The predicted molar refractivity (Wildman–Crippen MR) is 110 cm³/mol. The van der Waals surface area contributed by atoms with Crippen LogP contribution in [0.15, 0.2) is 53.4 Å². The van der Waals surface area contributed by atoms with E-state index in [-0.39, 0.29) is 21.4 Å². The molecule has 0 unspecified atom stereocenters. The Morgan fingerprint density at radius 2 is 1.71 bits per heavy atom. The van der Waals surface area contributed by atoms with Crippen molar-refractivity contribution in [1.29, 1.82) is 0 Å². The minimum Gasteiger partial charge on any atom is -0.331 e. The zero-order valence-corrected chi connectivity index (χ0v) is 17.0. The largest absolute Gasteiger partial charge is 0.331 e. The van der Waals surface area contributed by atoms with Crippen LogP contribution >= 0.6 is 12.2 Å². The van der Waals surface area contributed by atoms with E-state index in [0.29, 0.717) is 18.8 Å². The van der Waals surface area contributed by atoms with Crippen molar-refractivity contribution in [2.75, 3.05) is 18.4 Å².